The minimum Gasteiger partial charge on any atom is -0.381 e. The second-order valence-electron chi connectivity index (χ2n) is 4.18. The van der Waals surface area contributed by atoms with Crippen LogP contribution in [-0.4, -0.2) is 6.04 Å². The topological polar surface area (TPSA) is 35.8 Å². The van der Waals surface area contributed by atoms with E-state index in [1.54, 1.807) is 11.3 Å². The predicted octanol–water partition coefficient (Wildman–Crippen LogP) is 4.43. The largest absolute Gasteiger partial charge is 0.381 e. The first-order valence-corrected chi connectivity index (χ1v) is 7.40. The van der Waals surface area contributed by atoms with Gasteiger partial charge in [0.2, 0.25) is 0 Å². The lowest BCUT2D eigenvalue weighted by molar-refractivity contribution is 0.792. The van der Waals surface area contributed by atoms with Crippen molar-refractivity contribution < 1.29 is 0 Å². The standard InChI is InChI=1S/C14H13BrN2S/c1-10(6-11-4-5-18-9-11)17-14-7-13(15)3-2-12(14)8-16/h2-5,7,9-10,17H,6H2,1H3. The van der Waals surface area contributed by atoms with Crippen LogP contribution in [0.25, 0.3) is 0 Å². The molecule has 0 bridgehead atoms. The van der Waals surface area contributed by atoms with Gasteiger partial charge < -0.3 is 5.32 Å². The maximum absolute atomic E-state index is 9.08. The van der Waals surface area contributed by atoms with Crippen molar-refractivity contribution in [2.45, 2.75) is 19.4 Å². The molecule has 2 rings (SSSR count). The van der Waals surface area contributed by atoms with Gasteiger partial charge in [0.05, 0.1) is 11.3 Å². The number of hydrogen-bond donors (Lipinski definition) is 1. The Labute approximate surface area is 119 Å². The van der Waals surface area contributed by atoms with Gasteiger partial charge in [0.25, 0.3) is 0 Å². The molecule has 0 radical (unpaired) electrons. The van der Waals surface area contributed by atoms with Crippen LogP contribution >= 0.6 is 27.3 Å². The van der Waals surface area contributed by atoms with Crippen molar-refractivity contribution in [2.24, 2.45) is 0 Å². The lowest BCUT2D eigenvalue weighted by Crippen LogP contribution is -2.18. The van der Waals surface area contributed by atoms with Crippen molar-refractivity contribution in [1.82, 2.24) is 0 Å². The van der Waals surface area contributed by atoms with E-state index in [0.717, 1.165) is 16.6 Å². The molecule has 1 N–H and O–H groups in total. The van der Waals surface area contributed by atoms with E-state index in [0.29, 0.717) is 11.6 Å². The van der Waals surface area contributed by atoms with E-state index in [1.165, 1.54) is 5.56 Å². The molecule has 18 heavy (non-hydrogen) atoms. The fourth-order valence-corrected chi connectivity index (χ4v) is 2.85. The molecule has 0 aliphatic heterocycles. The maximum atomic E-state index is 9.08. The van der Waals surface area contributed by atoms with Gasteiger partial charge in [0, 0.05) is 10.5 Å². The van der Waals surface area contributed by atoms with Crippen molar-refractivity contribution >= 4 is 33.0 Å². The van der Waals surface area contributed by atoms with E-state index >= 15 is 0 Å². The highest BCUT2D eigenvalue weighted by Crippen LogP contribution is 2.22. The van der Waals surface area contributed by atoms with Gasteiger partial charge in [-0.15, -0.1) is 0 Å². The maximum Gasteiger partial charge on any atom is 0.101 e. The molecule has 0 aliphatic carbocycles. The molecule has 0 amide bonds. The molecule has 0 aliphatic rings. The molecule has 4 heteroatoms. The zero-order valence-corrected chi connectivity index (χ0v) is 12.4. The number of thiophene rings is 1. The molecule has 1 aromatic heterocycles. The molecule has 1 unspecified atom stereocenters. The molecule has 1 heterocycles. The van der Waals surface area contributed by atoms with Gasteiger partial charge in [-0.2, -0.15) is 16.6 Å². The van der Waals surface area contributed by atoms with Gasteiger partial charge in [-0.3, -0.25) is 0 Å². The third-order valence-electron chi connectivity index (χ3n) is 2.63. The van der Waals surface area contributed by atoms with Crippen molar-refractivity contribution in [2.75, 3.05) is 5.32 Å². The number of halogens is 1. The zero-order chi connectivity index (χ0) is 13.0. The molecule has 1 aromatic carbocycles. The van der Waals surface area contributed by atoms with Gasteiger partial charge >= 0.3 is 0 Å². The van der Waals surface area contributed by atoms with E-state index in [1.807, 2.05) is 18.2 Å². The molecule has 0 saturated heterocycles. The first-order valence-electron chi connectivity index (χ1n) is 5.66. The normalized spacial score (nSPS) is 11.8. The number of rotatable bonds is 4. The molecule has 0 saturated carbocycles. The second-order valence-corrected chi connectivity index (χ2v) is 5.88. The van der Waals surface area contributed by atoms with Crippen LogP contribution in [0, 0.1) is 11.3 Å². The Bertz CT molecular complexity index is 558. The van der Waals surface area contributed by atoms with Crippen molar-refractivity contribution in [3.05, 3.63) is 50.6 Å². The van der Waals surface area contributed by atoms with E-state index in [2.05, 4.69) is 51.1 Å². The molecule has 2 nitrogen and oxygen atoms in total. The average Bonchev–Trinajstić information content (AvgIpc) is 2.82. The highest BCUT2D eigenvalue weighted by molar-refractivity contribution is 9.10. The van der Waals surface area contributed by atoms with Crippen molar-refractivity contribution in [1.29, 1.82) is 5.26 Å². The van der Waals surface area contributed by atoms with Crippen LogP contribution in [-0.2, 0) is 6.42 Å². The van der Waals surface area contributed by atoms with E-state index in [4.69, 9.17) is 5.26 Å². The van der Waals surface area contributed by atoms with Crippen LogP contribution < -0.4 is 5.32 Å². The zero-order valence-electron chi connectivity index (χ0n) is 9.98. The highest BCUT2D eigenvalue weighted by atomic mass is 79.9. The molecule has 2 aromatic rings. The Hall–Kier alpha value is -1.31. The Morgan fingerprint density at radius 3 is 2.94 bits per heavy atom. The van der Waals surface area contributed by atoms with E-state index in [9.17, 15) is 0 Å². The molecule has 92 valence electrons. The second kappa shape index (κ2) is 6.03. The predicted molar refractivity (Wildman–Crippen MR) is 80.0 cm³/mol. The molecular formula is C14H13BrN2S. The van der Waals surface area contributed by atoms with Gasteiger partial charge in [0.1, 0.15) is 6.07 Å². The summed E-state index contributed by atoms with van der Waals surface area (Å²) in [5, 5.41) is 16.7. The van der Waals surface area contributed by atoms with Gasteiger partial charge in [0.15, 0.2) is 0 Å². The summed E-state index contributed by atoms with van der Waals surface area (Å²) in [5.74, 6) is 0. The van der Waals surface area contributed by atoms with Crippen LogP contribution in [0.4, 0.5) is 5.69 Å². The first-order chi connectivity index (χ1) is 8.69. The molecule has 0 fully saturated rings. The Morgan fingerprint density at radius 2 is 2.28 bits per heavy atom. The number of anilines is 1. The van der Waals surface area contributed by atoms with E-state index in [-0.39, 0.29) is 0 Å². The third kappa shape index (κ3) is 3.34. The summed E-state index contributed by atoms with van der Waals surface area (Å²) in [7, 11) is 0. The number of nitrogens with one attached hydrogen (secondary N) is 1. The van der Waals surface area contributed by atoms with Crippen LogP contribution in [0.2, 0.25) is 0 Å². The quantitative estimate of drug-likeness (QED) is 0.904. The van der Waals surface area contributed by atoms with Gasteiger partial charge in [-0.25, -0.2) is 0 Å². The van der Waals surface area contributed by atoms with Gasteiger partial charge in [-0.05, 0) is 53.9 Å². The molecular weight excluding hydrogens is 308 g/mol. The van der Waals surface area contributed by atoms with Crippen molar-refractivity contribution in [3.63, 3.8) is 0 Å². The smallest absolute Gasteiger partial charge is 0.101 e. The Morgan fingerprint density at radius 1 is 1.44 bits per heavy atom. The van der Waals surface area contributed by atoms with E-state index < -0.39 is 0 Å². The summed E-state index contributed by atoms with van der Waals surface area (Å²) in [6, 6.07) is 10.3. The third-order valence-corrected chi connectivity index (χ3v) is 3.85. The number of nitrogens with zero attached hydrogens (tertiary/aromatic N) is 1. The minimum atomic E-state index is 0.293. The van der Waals surface area contributed by atoms with Crippen LogP contribution in [0.5, 0.6) is 0 Å². The summed E-state index contributed by atoms with van der Waals surface area (Å²) >= 11 is 5.14. The number of nitriles is 1. The fourth-order valence-electron chi connectivity index (χ4n) is 1.81. The average molecular weight is 321 g/mol. The SMILES string of the molecule is CC(Cc1ccsc1)Nc1cc(Br)ccc1C#N. The number of hydrogen-bond acceptors (Lipinski definition) is 3. The minimum absolute atomic E-state index is 0.293. The molecule has 0 spiro atoms. The Kier molecular flexibility index (Phi) is 4.40. The fraction of sp³-hybridized carbons (Fsp3) is 0.214. The van der Waals surface area contributed by atoms with Crippen LogP contribution in [0.15, 0.2) is 39.5 Å². The Balaban J connectivity index is 2.09. The van der Waals surface area contributed by atoms with Crippen LogP contribution in [0.1, 0.15) is 18.1 Å². The van der Waals surface area contributed by atoms with Crippen molar-refractivity contribution in [3.8, 4) is 6.07 Å². The summed E-state index contributed by atoms with van der Waals surface area (Å²) in [5.41, 5.74) is 2.89. The number of benzene rings is 1. The molecule has 1 atom stereocenters. The monoisotopic (exact) mass is 320 g/mol. The van der Waals surface area contributed by atoms with Gasteiger partial charge in [-0.1, -0.05) is 15.9 Å². The summed E-state index contributed by atoms with van der Waals surface area (Å²) in [6.07, 6.45) is 0.959. The lowest BCUT2D eigenvalue weighted by Gasteiger charge is -2.16. The first kappa shape index (κ1) is 13.1. The summed E-state index contributed by atoms with van der Waals surface area (Å²) in [4.78, 5) is 0. The lowest BCUT2D eigenvalue weighted by atomic mass is 10.1. The summed E-state index contributed by atoms with van der Waals surface area (Å²) < 4.78 is 0.978. The highest BCUT2D eigenvalue weighted by Gasteiger charge is 2.08. The van der Waals surface area contributed by atoms with Crippen LogP contribution in [0.3, 0.4) is 0 Å². The summed E-state index contributed by atoms with van der Waals surface area (Å²) in [6.45, 7) is 2.12.